The minimum Gasteiger partial charge on any atom is -0.392 e. The first-order valence-electron chi connectivity index (χ1n) is 7.34. The van der Waals surface area contributed by atoms with Gasteiger partial charge in [0, 0.05) is 25.0 Å². The Morgan fingerprint density at radius 2 is 2.05 bits per heavy atom. The van der Waals surface area contributed by atoms with Gasteiger partial charge in [-0.15, -0.1) is 0 Å². The Bertz CT molecular complexity index is 538. The molecule has 1 aliphatic rings. The van der Waals surface area contributed by atoms with Crippen molar-refractivity contribution in [2.75, 3.05) is 0 Å². The van der Waals surface area contributed by atoms with Crippen LogP contribution in [0.15, 0.2) is 42.7 Å². The van der Waals surface area contributed by atoms with Crippen LogP contribution in [0, 0.1) is 0 Å². The molecular weight excluding hydrogens is 250 g/mol. The zero-order chi connectivity index (χ0) is 13.8. The van der Waals surface area contributed by atoms with Gasteiger partial charge in [-0.1, -0.05) is 31.0 Å². The molecule has 1 fully saturated rings. The fraction of sp³-hybridized carbons (Fsp3) is 0.438. The molecule has 0 spiro atoms. The average molecular weight is 271 g/mol. The summed E-state index contributed by atoms with van der Waals surface area (Å²) in [5, 5.41) is 17.8. The lowest BCUT2D eigenvalue weighted by atomic mass is 9.92. The smallest absolute Gasteiger partial charge is 0.0693 e. The van der Waals surface area contributed by atoms with Gasteiger partial charge in [-0.3, -0.25) is 0 Å². The maximum Gasteiger partial charge on any atom is 0.0693 e. The van der Waals surface area contributed by atoms with Gasteiger partial charge in [0.1, 0.15) is 0 Å². The van der Waals surface area contributed by atoms with E-state index in [0.717, 1.165) is 31.5 Å². The molecule has 0 aliphatic heterocycles. The molecule has 0 saturated heterocycles. The van der Waals surface area contributed by atoms with Gasteiger partial charge >= 0.3 is 0 Å². The van der Waals surface area contributed by atoms with Crippen LogP contribution in [-0.2, 0) is 6.54 Å². The minimum atomic E-state index is -0.208. The number of aromatic nitrogens is 2. The van der Waals surface area contributed by atoms with E-state index in [1.807, 2.05) is 29.1 Å². The predicted molar refractivity (Wildman–Crippen MR) is 78.7 cm³/mol. The molecule has 2 atom stereocenters. The molecular formula is C16H21N3O. The number of hydrogen-bond acceptors (Lipinski definition) is 3. The van der Waals surface area contributed by atoms with Gasteiger partial charge < -0.3 is 10.4 Å². The van der Waals surface area contributed by atoms with E-state index in [0.29, 0.717) is 0 Å². The van der Waals surface area contributed by atoms with Crippen LogP contribution in [0.3, 0.4) is 0 Å². The lowest BCUT2D eigenvalue weighted by Crippen LogP contribution is -2.41. The van der Waals surface area contributed by atoms with E-state index in [-0.39, 0.29) is 12.1 Å². The Morgan fingerprint density at radius 1 is 1.20 bits per heavy atom. The highest BCUT2D eigenvalue weighted by Crippen LogP contribution is 2.20. The van der Waals surface area contributed by atoms with Gasteiger partial charge in [0.2, 0.25) is 0 Å². The van der Waals surface area contributed by atoms with E-state index in [9.17, 15) is 5.11 Å². The van der Waals surface area contributed by atoms with Crippen LogP contribution in [-0.4, -0.2) is 27.0 Å². The molecule has 2 aromatic rings. The molecule has 1 aliphatic carbocycles. The molecule has 106 valence electrons. The Balaban J connectivity index is 1.71. The normalized spacial score (nSPS) is 22.9. The molecule has 1 aromatic heterocycles. The van der Waals surface area contributed by atoms with Gasteiger partial charge in [-0.2, -0.15) is 5.10 Å². The van der Waals surface area contributed by atoms with Gasteiger partial charge in [0.05, 0.1) is 11.8 Å². The van der Waals surface area contributed by atoms with Crippen LogP contribution in [0.1, 0.15) is 31.2 Å². The number of benzene rings is 1. The van der Waals surface area contributed by atoms with Crippen molar-refractivity contribution in [2.24, 2.45) is 0 Å². The molecule has 0 amide bonds. The predicted octanol–water partition coefficient (Wildman–Crippen LogP) is 2.27. The Kier molecular flexibility index (Phi) is 4.14. The molecule has 1 heterocycles. The third-order valence-corrected chi connectivity index (χ3v) is 4.03. The second-order valence-electron chi connectivity index (χ2n) is 5.42. The Labute approximate surface area is 119 Å². The van der Waals surface area contributed by atoms with E-state index in [1.54, 1.807) is 6.20 Å². The SMILES string of the molecule is OC1CCCCC1NCc1ccccc1-n1cccn1. The average Bonchev–Trinajstić information content (AvgIpc) is 3.01. The molecule has 20 heavy (non-hydrogen) atoms. The first-order chi connectivity index (χ1) is 9.84. The fourth-order valence-corrected chi connectivity index (χ4v) is 2.89. The molecule has 2 unspecified atom stereocenters. The minimum absolute atomic E-state index is 0.208. The number of nitrogens with zero attached hydrogens (tertiary/aromatic N) is 2. The van der Waals surface area contributed by atoms with E-state index in [1.165, 1.54) is 12.0 Å². The number of aliphatic hydroxyl groups is 1. The van der Waals surface area contributed by atoms with Crippen molar-refractivity contribution in [1.29, 1.82) is 0 Å². The second kappa shape index (κ2) is 6.20. The van der Waals surface area contributed by atoms with Gasteiger partial charge in [-0.25, -0.2) is 4.68 Å². The summed E-state index contributed by atoms with van der Waals surface area (Å²) in [5.74, 6) is 0. The van der Waals surface area contributed by atoms with E-state index in [4.69, 9.17) is 0 Å². The summed E-state index contributed by atoms with van der Waals surface area (Å²) in [6.45, 7) is 0.762. The number of para-hydroxylation sites is 1. The number of rotatable bonds is 4. The van der Waals surface area contributed by atoms with E-state index in [2.05, 4.69) is 22.5 Å². The highest BCUT2D eigenvalue weighted by molar-refractivity contribution is 5.40. The molecule has 1 aromatic carbocycles. The summed E-state index contributed by atoms with van der Waals surface area (Å²) in [7, 11) is 0. The number of nitrogens with one attached hydrogen (secondary N) is 1. The lowest BCUT2D eigenvalue weighted by molar-refractivity contribution is 0.0902. The van der Waals surface area contributed by atoms with Gasteiger partial charge in [0.25, 0.3) is 0 Å². The van der Waals surface area contributed by atoms with Crippen molar-refractivity contribution in [3.05, 3.63) is 48.3 Å². The zero-order valence-electron chi connectivity index (χ0n) is 11.6. The maximum atomic E-state index is 10.0. The third kappa shape index (κ3) is 2.92. The molecule has 4 nitrogen and oxygen atoms in total. The van der Waals surface area contributed by atoms with E-state index < -0.39 is 0 Å². The topological polar surface area (TPSA) is 50.1 Å². The highest BCUT2D eigenvalue weighted by Gasteiger charge is 2.22. The quantitative estimate of drug-likeness (QED) is 0.897. The second-order valence-corrected chi connectivity index (χ2v) is 5.42. The summed E-state index contributed by atoms with van der Waals surface area (Å²) >= 11 is 0. The van der Waals surface area contributed by atoms with Crippen LogP contribution in [0.2, 0.25) is 0 Å². The van der Waals surface area contributed by atoms with Crippen molar-refractivity contribution < 1.29 is 5.11 Å². The maximum absolute atomic E-state index is 10.0. The summed E-state index contributed by atoms with van der Waals surface area (Å²) in [5.41, 5.74) is 2.30. The molecule has 0 bridgehead atoms. The largest absolute Gasteiger partial charge is 0.392 e. The van der Waals surface area contributed by atoms with Crippen molar-refractivity contribution in [2.45, 2.75) is 44.4 Å². The summed E-state index contributed by atoms with van der Waals surface area (Å²) in [6.07, 6.45) is 7.85. The standard InChI is InChI=1S/C16H21N3O/c20-16-9-4-2-7-14(16)17-12-13-6-1-3-8-15(13)19-11-5-10-18-19/h1,3,5-6,8,10-11,14,16-17,20H,2,4,7,9,12H2. The van der Waals surface area contributed by atoms with Crippen molar-refractivity contribution >= 4 is 0 Å². The van der Waals surface area contributed by atoms with Crippen molar-refractivity contribution in [3.8, 4) is 5.69 Å². The molecule has 1 saturated carbocycles. The summed E-state index contributed by atoms with van der Waals surface area (Å²) in [6, 6.07) is 10.4. The first kappa shape index (κ1) is 13.3. The van der Waals surface area contributed by atoms with E-state index >= 15 is 0 Å². The number of aliphatic hydroxyl groups excluding tert-OH is 1. The molecule has 3 rings (SSSR count). The Hall–Kier alpha value is -1.65. The monoisotopic (exact) mass is 271 g/mol. The number of hydrogen-bond donors (Lipinski definition) is 2. The van der Waals surface area contributed by atoms with Crippen LogP contribution in [0.25, 0.3) is 5.69 Å². The first-order valence-corrected chi connectivity index (χ1v) is 7.34. The lowest BCUT2D eigenvalue weighted by Gasteiger charge is -2.28. The van der Waals surface area contributed by atoms with Crippen molar-refractivity contribution in [3.63, 3.8) is 0 Å². The molecule has 2 N–H and O–H groups in total. The van der Waals surface area contributed by atoms with Crippen LogP contribution < -0.4 is 5.32 Å². The van der Waals surface area contributed by atoms with Gasteiger partial charge in [0.15, 0.2) is 0 Å². The van der Waals surface area contributed by atoms with Crippen LogP contribution in [0.5, 0.6) is 0 Å². The van der Waals surface area contributed by atoms with Crippen LogP contribution in [0.4, 0.5) is 0 Å². The highest BCUT2D eigenvalue weighted by atomic mass is 16.3. The van der Waals surface area contributed by atoms with Crippen LogP contribution >= 0.6 is 0 Å². The Morgan fingerprint density at radius 3 is 2.85 bits per heavy atom. The third-order valence-electron chi connectivity index (χ3n) is 4.03. The molecule has 0 radical (unpaired) electrons. The summed E-state index contributed by atoms with van der Waals surface area (Å²) in [4.78, 5) is 0. The zero-order valence-corrected chi connectivity index (χ0v) is 11.6. The summed E-state index contributed by atoms with van der Waals surface area (Å²) < 4.78 is 1.88. The van der Waals surface area contributed by atoms with Crippen molar-refractivity contribution in [1.82, 2.24) is 15.1 Å². The molecule has 4 heteroatoms. The van der Waals surface area contributed by atoms with Gasteiger partial charge in [-0.05, 0) is 30.5 Å². The fourth-order valence-electron chi connectivity index (χ4n) is 2.89.